The van der Waals surface area contributed by atoms with Crippen molar-refractivity contribution in [3.63, 3.8) is 0 Å². The van der Waals surface area contributed by atoms with E-state index in [2.05, 4.69) is 36.6 Å². The van der Waals surface area contributed by atoms with E-state index in [4.69, 9.17) is 36.0 Å². The molecule has 356 valence electrons. The fourth-order valence-electron chi connectivity index (χ4n) is 6.84. The number of hydrogen-bond acceptors (Lipinski definition) is 11. The maximum atomic E-state index is 12.2. The molecule has 1 aromatic carbocycles. The second kappa shape index (κ2) is 29.2. The van der Waals surface area contributed by atoms with Crippen molar-refractivity contribution in [1.82, 2.24) is 20.4 Å². The highest BCUT2D eigenvalue weighted by molar-refractivity contribution is 6.32. The fraction of sp³-hybridized carbons (Fsp3) is 0.553. The van der Waals surface area contributed by atoms with Crippen LogP contribution in [0.4, 0.5) is 4.79 Å². The SMILES string of the molecule is C/C=C\C(C)=O.CNC(=O)CCC1(C)OC1[C@H](C)C1CC(C/C=C/C=C(\C)Cc2ccc(Cl)c(OC)c2)NC(=O)O1.CO.C[C@H](C(=O)O)N(C)C(=O)CCCCCN1C(=O)C=CC1=O. The second-order valence-electron chi connectivity index (χ2n) is 15.8. The van der Waals surface area contributed by atoms with Gasteiger partial charge in [-0.15, -0.1) is 0 Å². The number of cyclic esters (lactones) is 1. The molecule has 3 aliphatic heterocycles. The number of nitrogens with one attached hydrogen (secondary N) is 2. The molecule has 3 heterocycles. The number of aliphatic hydroxyl groups excluding tert-OH is 1. The van der Waals surface area contributed by atoms with Crippen molar-refractivity contribution < 1.29 is 58.0 Å². The lowest BCUT2D eigenvalue weighted by atomic mass is 9.86. The van der Waals surface area contributed by atoms with Crippen molar-refractivity contribution in [3.8, 4) is 5.75 Å². The van der Waals surface area contributed by atoms with Crippen LogP contribution in [0.2, 0.25) is 5.02 Å². The number of halogens is 1. The van der Waals surface area contributed by atoms with Gasteiger partial charge in [0.15, 0.2) is 5.78 Å². The van der Waals surface area contributed by atoms with Crippen LogP contribution in [0.15, 0.2) is 66.3 Å². The summed E-state index contributed by atoms with van der Waals surface area (Å²) in [5.74, 6) is -1.01. The van der Waals surface area contributed by atoms with Gasteiger partial charge < -0.3 is 40.0 Å². The van der Waals surface area contributed by atoms with Gasteiger partial charge in [0.2, 0.25) is 11.8 Å². The number of rotatable bonds is 20. The lowest BCUT2D eigenvalue weighted by Gasteiger charge is -2.33. The van der Waals surface area contributed by atoms with Crippen LogP contribution in [-0.4, -0.2) is 126 Å². The van der Waals surface area contributed by atoms with Gasteiger partial charge in [0.1, 0.15) is 17.9 Å². The first-order valence-electron chi connectivity index (χ1n) is 21.4. The van der Waals surface area contributed by atoms with Crippen LogP contribution in [0, 0.1) is 5.92 Å². The van der Waals surface area contributed by atoms with Crippen molar-refractivity contribution in [1.29, 1.82) is 0 Å². The van der Waals surface area contributed by atoms with E-state index < -0.39 is 12.0 Å². The molecule has 16 nitrogen and oxygen atoms in total. The summed E-state index contributed by atoms with van der Waals surface area (Å²) < 4.78 is 16.8. The minimum atomic E-state index is -1.04. The summed E-state index contributed by atoms with van der Waals surface area (Å²) in [6.45, 7) is 11.3. The number of epoxide rings is 1. The summed E-state index contributed by atoms with van der Waals surface area (Å²) in [6.07, 6.45) is 16.8. The number of imide groups is 1. The molecule has 64 heavy (non-hydrogen) atoms. The number of ether oxygens (including phenoxy) is 3. The molecule has 4 N–H and O–H groups in total. The van der Waals surface area contributed by atoms with E-state index in [1.165, 1.54) is 54.5 Å². The van der Waals surface area contributed by atoms with E-state index in [1.54, 1.807) is 20.2 Å². The Morgan fingerprint density at radius 3 is 2.30 bits per heavy atom. The van der Waals surface area contributed by atoms with E-state index in [1.807, 2.05) is 38.1 Å². The number of benzene rings is 1. The number of methoxy groups -OCH3 is 1. The maximum Gasteiger partial charge on any atom is 0.407 e. The summed E-state index contributed by atoms with van der Waals surface area (Å²) in [6, 6.07) is 4.96. The normalized spacial score (nSPS) is 20.9. The number of carbonyl (C=O) groups excluding carboxylic acids is 6. The van der Waals surface area contributed by atoms with E-state index in [-0.39, 0.29) is 71.7 Å². The van der Waals surface area contributed by atoms with Crippen molar-refractivity contribution in [2.24, 2.45) is 5.92 Å². The van der Waals surface area contributed by atoms with Crippen LogP contribution >= 0.6 is 11.6 Å². The van der Waals surface area contributed by atoms with Crippen LogP contribution in [-0.2, 0) is 44.7 Å². The van der Waals surface area contributed by atoms with Gasteiger partial charge in [0.25, 0.3) is 11.8 Å². The van der Waals surface area contributed by atoms with Gasteiger partial charge >= 0.3 is 12.1 Å². The zero-order chi connectivity index (χ0) is 48.6. The third kappa shape index (κ3) is 20.0. The largest absolute Gasteiger partial charge is 0.495 e. The van der Waals surface area contributed by atoms with E-state index in [9.17, 15) is 33.6 Å². The number of hydrogen-bond donors (Lipinski definition) is 4. The Kier molecular flexibility index (Phi) is 25.9. The number of aliphatic hydroxyl groups is 1. The molecule has 3 aliphatic rings. The molecule has 4 unspecified atom stereocenters. The number of allylic oxidation sites excluding steroid dienone is 5. The summed E-state index contributed by atoms with van der Waals surface area (Å²) in [5, 5.41) is 22.0. The van der Waals surface area contributed by atoms with E-state index >= 15 is 0 Å². The molecule has 0 aliphatic carbocycles. The van der Waals surface area contributed by atoms with Gasteiger partial charge in [0, 0.05) is 71.1 Å². The number of alkyl carbamates (subject to hydrolysis) is 1. The van der Waals surface area contributed by atoms with Crippen LogP contribution in [0.5, 0.6) is 5.75 Å². The van der Waals surface area contributed by atoms with Crippen molar-refractivity contribution in [2.75, 3.05) is 34.9 Å². The number of amides is 5. The van der Waals surface area contributed by atoms with Crippen LogP contribution in [0.3, 0.4) is 0 Å². The molecule has 5 amide bonds. The summed E-state index contributed by atoms with van der Waals surface area (Å²) in [5.41, 5.74) is 2.00. The van der Waals surface area contributed by atoms with Gasteiger partial charge in [0.05, 0.1) is 23.8 Å². The molecule has 4 rings (SSSR count). The number of ketones is 1. The van der Waals surface area contributed by atoms with Crippen LogP contribution in [0.25, 0.3) is 0 Å². The Morgan fingerprint density at radius 2 is 1.73 bits per heavy atom. The molecule has 0 bridgehead atoms. The molecular formula is C47H69ClN4O12. The summed E-state index contributed by atoms with van der Waals surface area (Å²) in [4.78, 5) is 81.2. The average Bonchev–Trinajstić information content (AvgIpc) is 3.84. The Balaban J connectivity index is 0.000000597. The average molecular weight is 918 g/mol. The minimum absolute atomic E-state index is 0.00468. The molecule has 17 heteroatoms. The monoisotopic (exact) mass is 916 g/mol. The first kappa shape index (κ1) is 56.7. The number of carboxylic acids is 1. The van der Waals surface area contributed by atoms with Gasteiger partial charge in [-0.1, -0.05) is 60.9 Å². The highest BCUT2D eigenvalue weighted by atomic mass is 35.5. The fourth-order valence-corrected chi connectivity index (χ4v) is 7.04. The quantitative estimate of drug-likeness (QED) is 0.0381. The third-order valence-corrected chi connectivity index (χ3v) is 11.1. The highest BCUT2D eigenvalue weighted by Crippen LogP contribution is 2.46. The van der Waals surface area contributed by atoms with Gasteiger partial charge in [-0.25, -0.2) is 9.59 Å². The van der Waals surface area contributed by atoms with Gasteiger partial charge in [-0.2, -0.15) is 0 Å². The Labute approximate surface area is 383 Å². The van der Waals surface area contributed by atoms with Crippen molar-refractivity contribution in [3.05, 3.63) is 76.9 Å². The summed E-state index contributed by atoms with van der Waals surface area (Å²) >= 11 is 6.10. The van der Waals surface area contributed by atoms with Crippen molar-refractivity contribution in [2.45, 2.75) is 129 Å². The second-order valence-corrected chi connectivity index (χ2v) is 16.2. The molecule has 0 radical (unpaired) electrons. The predicted molar refractivity (Wildman–Crippen MR) is 245 cm³/mol. The molecule has 2 saturated heterocycles. The maximum absolute atomic E-state index is 12.2. The first-order chi connectivity index (χ1) is 30.3. The molecule has 2 fully saturated rings. The Bertz CT molecular complexity index is 1850. The van der Waals surface area contributed by atoms with E-state index in [0.29, 0.717) is 49.4 Å². The zero-order valence-electron chi connectivity index (χ0n) is 39.0. The number of carboxylic acid groups (broad SMARTS) is 1. The molecule has 1 aromatic rings. The van der Waals surface area contributed by atoms with Crippen LogP contribution < -0.4 is 15.4 Å². The smallest absolute Gasteiger partial charge is 0.407 e. The summed E-state index contributed by atoms with van der Waals surface area (Å²) in [7, 11) is 5.71. The minimum Gasteiger partial charge on any atom is -0.495 e. The molecular weight excluding hydrogens is 848 g/mol. The number of aliphatic carboxylic acids is 1. The zero-order valence-corrected chi connectivity index (χ0v) is 39.7. The third-order valence-electron chi connectivity index (χ3n) is 10.8. The molecule has 0 aromatic heterocycles. The number of unbranched alkanes of at least 4 members (excludes halogenated alkanes) is 2. The molecule has 0 saturated carbocycles. The number of likely N-dealkylation sites (N-methyl/N-ethyl adjacent to an activating group) is 1. The molecule has 6 atom stereocenters. The Morgan fingerprint density at radius 1 is 1.08 bits per heavy atom. The Hall–Kier alpha value is -5.32. The lowest BCUT2D eigenvalue weighted by molar-refractivity contribution is -0.148. The standard InChI is InChI=1S/C27H37ClN2O5.C14H20N2O5.C5H8O.CH4O/c1-17(14-19-10-11-21(28)23(15-19)33-5)8-6-7-9-20-16-22(34-26(32)30-20)18(2)25-27(3,35-25)13-12-24(31)29-4;1-10(14(20)21)15(2)11(17)6-4-3-5-9-16-12(18)7-8-13(16)19;1-3-4-5(2)6;1-2/h6-8,10-11,15,18,20,22,25H,9,12-14,16H2,1-5H3,(H,29,31)(H,30,32);7-8,10H,3-6,9H2,1-2H3,(H,20,21);3-4H,1-2H3;2H,1H3/b7-6+,17-8+;;4-3-;/t18-,20?,22?,25?,27?;10-;;/m11../s1. The predicted octanol–water partition coefficient (Wildman–Crippen LogP) is 6.13. The van der Waals surface area contributed by atoms with E-state index in [0.717, 1.165) is 31.9 Å². The van der Waals surface area contributed by atoms with Crippen molar-refractivity contribution >= 4 is 53.1 Å². The number of nitrogens with zero attached hydrogens (tertiary/aromatic N) is 2. The van der Waals surface area contributed by atoms with Gasteiger partial charge in [-0.3, -0.25) is 28.9 Å². The number of carbonyl (C=O) groups is 7. The molecule has 0 spiro atoms. The van der Waals surface area contributed by atoms with Crippen LogP contribution in [0.1, 0.15) is 98.5 Å². The topological polar surface area (TPSA) is 221 Å². The van der Waals surface area contributed by atoms with Gasteiger partial charge in [-0.05, 0) is 90.5 Å². The first-order valence-corrected chi connectivity index (χ1v) is 21.7. The lowest BCUT2D eigenvalue weighted by Crippen LogP contribution is -2.48. The highest BCUT2D eigenvalue weighted by Gasteiger charge is 2.57.